The van der Waals surface area contributed by atoms with Crippen molar-refractivity contribution in [3.05, 3.63) is 0 Å². The molecule has 1 heterocycles. The van der Waals surface area contributed by atoms with Gasteiger partial charge in [0.15, 0.2) is 0 Å². The Balaban J connectivity index is 1.55. The van der Waals surface area contributed by atoms with Crippen molar-refractivity contribution >= 4 is 5.78 Å². The van der Waals surface area contributed by atoms with Crippen molar-refractivity contribution in [2.75, 3.05) is 0 Å². The third-order valence-corrected chi connectivity index (χ3v) is 12.8. The van der Waals surface area contributed by atoms with Gasteiger partial charge in [-0.05, 0) is 106 Å². The van der Waals surface area contributed by atoms with E-state index in [4.69, 9.17) is 4.74 Å². The first-order valence-electron chi connectivity index (χ1n) is 14.1. The maximum Gasteiger partial charge on any atom is 0.138 e. The molecule has 4 nitrogen and oxygen atoms in total. The monoisotopic (exact) mass is 474 g/mol. The fourth-order valence-electron chi connectivity index (χ4n) is 11.3. The second-order valence-electron chi connectivity index (χ2n) is 15.3. The number of ether oxygens (including phenoxy) is 1. The van der Waals surface area contributed by atoms with Crippen LogP contribution < -0.4 is 0 Å². The third-order valence-electron chi connectivity index (χ3n) is 12.8. The van der Waals surface area contributed by atoms with Gasteiger partial charge in [0, 0.05) is 17.8 Å². The molecule has 2 N–H and O–H groups in total. The van der Waals surface area contributed by atoms with Crippen molar-refractivity contribution in [1.82, 2.24) is 0 Å². The van der Waals surface area contributed by atoms with Crippen LogP contribution in [0.3, 0.4) is 0 Å². The molecule has 1 saturated heterocycles. The highest BCUT2D eigenvalue weighted by Gasteiger charge is 2.73. The van der Waals surface area contributed by atoms with Gasteiger partial charge in [-0.3, -0.25) is 4.79 Å². The Morgan fingerprint density at radius 3 is 2.18 bits per heavy atom. The Hall–Kier alpha value is -0.450. The van der Waals surface area contributed by atoms with Crippen LogP contribution in [0.4, 0.5) is 0 Å². The largest absolute Gasteiger partial charge is 0.393 e. The minimum absolute atomic E-state index is 0.0381. The Labute approximate surface area is 207 Å². The van der Waals surface area contributed by atoms with E-state index >= 15 is 0 Å². The highest BCUT2D eigenvalue weighted by Crippen LogP contribution is 2.75. The van der Waals surface area contributed by atoms with Gasteiger partial charge >= 0.3 is 0 Å². The summed E-state index contributed by atoms with van der Waals surface area (Å²) >= 11 is 0. The molecule has 194 valence electrons. The van der Waals surface area contributed by atoms with E-state index in [-0.39, 0.29) is 45.4 Å². The molecular weight excluding hydrogens is 424 g/mol. The van der Waals surface area contributed by atoms with Gasteiger partial charge in [0.05, 0.1) is 23.4 Å². The first-order chi connectivity index (χ1) is 15.5. The number of ketones is 1. The van der Waals surface area contributed by atoms with E-state index in [1.807, 2.05) is 0 Å². The summed E-state index contributed by atoms with van der Waals surface area (Å²) in [6.45, 7) is 18.1. The number of hydrogen-bond donors (Lipinski definition) is 2. The van der Waals surface area contributed by atoms with Gasteiger partial charge in [-0.2, -0.15) is 0 Å². The maximum atomic E-state index is 12.9. The zero-order valence-electron chi connectivity index (χ0n) is 23.0. The van der Waals surface area contributed by atoms with Gasteiger partial charge in [-0.1, -0.05) is 34.6 Å². The lowest BCUT2D eigenvalue weighted by Gasteiger charge is -2.70. The summed E-state index contributed by atoms with van der Waals surface area (Å²) in [5, 5.41) is 23.6. The lowest BCUT2D eigenvalue weighted by atomic mass is 9.34. The molecule has 4 aliphatic carbocycles. The van der Waals surface area contributed by atoms with Gasteiger partial charge in [-0.25, -0.2) is 0 Å². The molecule has 0 aromatic carbocycles. The van der Waals surface area contributed by atoms with Crippen LogP contribution in [0.25, 0.3) is 0 Å². The van der Waals surface area contributed by atoms with Crippen molar-refractivity contribution in [2.45, 2.75) is 137 Å². The van der Waals surface area contributed by atoms with Gasteiger partial charge in [0.2, 0.25) is 0 Å². The lowest BCUT2D eigenvalue weighted by molar-refractivity contribution is -0.266. The number of aliphatic hydroxyl groups is 2. The molecule has 0 amide bonds. The number of fused-ring (bicyclic) bond motifs is 5. The number of Topliss-reactive ketones (excluding diaryl/α,β-unsaturated/α-hetero) is 1. The number of rotatable bonds is 1. The van der Waals surface area contributed by atoms with Crippen LogP contribution in [-0.2, 0) is 9.53 Å². The topological polar surface area (TPSA) is 66.8 Å². The van der Waals surface area contributed by atoms with E-state index < -0.39 is 11.5 Å². The fraction of sp³-hybridized carbons (Fsp3) is 0.967. The molecule has 0 aromatic heterocycles. The molecule has 4 saturated carbocycles. The molecule has 0 bridgehead atoms. The van der Waals surface area contributed by atoms with Crippen LogP contribution in [0.15, 0.2) is 0 Å². The second kappa shape index (κ2) is 7.32. The first kappa shape index (κ1) is 25.2. The molecule has 0 radical (unpaired) electrons. The average Bonchev–Trinajstić information content (AvgIpc) is 3.07. The highest BCUT2D eigenvalue weighted by molar-refractivity contribution is 5.85. The van der Waals surface area contributed by atoms with Crippen LogP contribution in [0.2, 0.25) is 0 Å². The summed E-state index contributed by atoms with van der Waals surface area (Å²) in [6, 6.07) is 0. The molecule has 5 fully saturated rings. The molecule has 5 aliphatic rings. The number of carbonyl (C=O) groups is 1. The number of aliphatic hydroxyl groups excluding tert-OH is 2. The quantitative estimate of drug-likeness (QED) is 0.495. The summed E-state index contributed by atoms with van der Waals surface area (Å²) in [5.74, 6) is 1.11. The summed E-state index contributed by atoms with van der Waals surface area (Å²) in [5.41, 5.74) is -1.07. The molecule has 10 atom stereocenters. The molecule has 4 heteroatoms. The van der Waals surface area contributed by atoms with Crippen LogP contribution in [0.5, 0.6) is 0 Å². The summed E-state index contributed by atoms with van der Waals surface area (Å²) in [4.78, 5) is 12.9. The zero-order chi connectivity index (χ0) is 25.1. The van der Waals surface area contributed by atoms with E-state index in [9.17, 15) is 15.0 Å². The molecular formula is C30H50O4. The van der Waals surface area contributed by atoms with Crippen molar-refractivity contribution in [2.24, 2.45) is 45.3 Å². The summed E-state index contributed by atoms with van der Waals surface area (Å²) in [6.07, 6.45) is 7.66. The van der Waals surface area contributed by atoms with Crippen LogP contribution in [-0.4, -0.2) is 39.4 Å². The van der Waals surface area contributed by atoms with Crippen molar-refractivity contribution in [3.63, 3.8) is 0 Å². The van der Waals surface area contributed by atoms with Crippen LogP contribution >= 0.6 is 0 Å². The van der Waals surface area contributed by atoms with Gasteiger partial charge in [-0.15, -0.1) is 0 Å². The third kappa shape index (κ3) is 3.09. The van der Waals surface area contributed by atoms with Gasteiger partial charge < -0.3 is 14.9 Å². The number of carbonyl (C=O) groups excluding carboxylic acids is 1. The molecule has 0 spiro atoms. The maximum absolute atomic E-state index is 12.9. The van der Waals surface area contributed by atoms with Crippen molar-refractivity contribution in [1.29, 1.82) is 0 Å². The first-order valence-corrected chi connectivity index (χ1v) is 14.1. The molecule has 1 aliphatic heterocycles. The predicted octanol–water partition coefficient (Wildman–Crippen LogP) is 5.92. The summed E-state index contributed by atoms with van der Waals surface area (Å²) < 4.78 is 6.82. The van der Waals surface area contributed by atoms with Gasteiger partial charge in [0.25, 0.3) is 0 Å². The van der Waals surface area contributed by atoms with E-state index in [0.29, 0.717) is 24.0 Å². The van der Waals surface area contributed by atoms with E-state index in [2.05, 4.69) is 55.4 Å². The molecule has 34 heavy (non-hydrogen) atoms. The van der Waals surface area contributed by atoms with Crippen molar-refractivity contribution in [3.8, 4) is 0 Å². The highest BCUT2D eigenvalue weighted by atomic mass is 16.5. The standard InChI is InChI=1S/C30H50O4/c1-25(2)12-9-13-30(8,34-25)18-10-15-28(6)23(18)19(31)16-21-27(5)14-11-22(33)26(3,4)24(27)20(32)17-29(21,28)7/h18-21,23-24,31-32H,9-17H2,1-8H3/t18-,19+,20-,21+,23-,24-,27+,28+,29+,30+/m0/s1. The summed E-state index contributed by atoms with van der Waals surface area (Å²) in [7, 11) is 0. The Morgan fingerprint density at radius 1 is 0.853 bits per heavy atom. The van der Waals surface area contributed by atoms with E-state index in [0.717, 1.165) is 44.9 Å². The Kier molecular flexibility index (Phi) is 5.42. The van der Waals surface area contributed by atoms with Gasteiger partial charge in [0.1, 0.15) is 5.78 Å². The second-order valence-corrected chi connectivity index (χ2v) is 15.3. The zero-order valence-corrected chi connectivity index (χ0v) is 23.0. The van der Waals surface area contributed by atoms with E-state index in [1.165, 1.54) is 6.42 Å². The fourth-order valence-corrected chi connectivity index (χ4v) is 11.3. The SMILES string of the molecule is CC1(C)CCC[C@](C)([C@H]2CC[C@]3(C)[C@@H]2[C@H](O)C[C@@H]2[C@@]4(C)CCC(=O)C(C)(C)[C@@H]4[C@@H](O)C[C@]23C)O1. The predicted molar refractivity (Wildman–Crippen MR) is 134 cm³/mol. The van der Waals surface area contributed by atoms with Crippen LogP contribution in [0, 0.1) is 45.3 Å². The van der Waals surface area contributed by atoms with Crippen LogP contribution in [0.1, 0.15) is 113 Å². The smallest absolute Gasteiger partial charge is 0.138 e. The normalized spacial score (nSPS) is 56.4. The molecule has 5 rings (SSSR count). The van der Waals surface area contributed by atoms with Crippen molar-refractivity contribution < 1.29 is 19.7 Å². The lowest BCUT2D eigenvalue weighted by Crippen LogP contribution is -2.69. The molecule has 0 aromatic rings. The average molecular weight is 475 g/mol. The number of hydrogen-bond acceptors (Lipinski definition) is 4. The molecule has 0 unspecified atom stereocenters. The minimum Gasteiger partial charge on any atom is -0.393 e. The van der Waals surface area contributed by atoms with E-state index in [1.54, 1.807) is 0 Å². The Morgan fingerprint density at radius 2 is 1.53 bits per heavy atom. The Bertz CT molecular complexity index is 864. The minimum atomic E-state index is -0.510.